The molecule has 0 aliphatic carbocycles. The van der Waals surface area contributed by atoms with Crippen LogP contribution in [0.1, 0.15) is 59.1 Å². The molecule has 0 spiro atoms. The minimum Gasteiger partial charge on any atom is -0.369 e. The van der Waals surface area contributed by atoms with Crippen LogP contribution in [0.5, 0.6) is 0 Å². The molecule has 2 aromatic rings. The Morgan fingerprint density at radius 2 is 1.68 bits per heavy atom. The van der Waals surface area contributed by atoms with Gasteiger partial charge in [-0.3, -0.25) is 14.4 Å². The normalized spacial score (nSPS) is 18.9. The number of nitrogens with zero attached hydrogens (tertiary/aromatic N) is 2. The van der Waals surface area contributed by atoms with Gasteiger partial charge in [0, 0.05) is 47.4 Å². The number of primary amides is 1. The van der Waals surface area contributed by atoms with Crippen molar-refractivity contribution in [2.24, 2.45) is 11.7 Å². The van der Waals surface area contributed by atoms with Gasteiger partial charge >= 0.3 is 0 Å². The molecule has 1 atom stereocenters. The van der Waals surface area contributed by atoms with E-state index in [1.165, 1.54) is 0 Å². The first-order valence-electron chi connectivity index (χ1n) is 10.7. The Balaban J connectivity index is 1.47. The van der Waals surface area contributed by atoms with Gasteiger partial charge in [0.05, 0.1) is 0 Å². The summed E-state index contributed by atoms with van der Waals surface area (Å²) in [5, 5.41) is 3.45. The van der Waals surface area contributed by atoms with E-state index in [-0.39, 0.29) is 35.8 Å². The van der Waals surface area contributed by atoms with E-state index in [0.717, 1.165) is 16.8 Å². The summed E-state index contributed by atoms with van der Waals surface area (Å²) in [4.78, 5) is 40.6. The lowest BCUT2D eigenvalue weighted by molar-refractivity contribution is -0.123. The molecule has 2 aliphatic heterocycles. The van der Waals surface area contributed by atoms with Crippen LogP contribution in [0.2, 0.25) is 0 Å². The molecule has 7 nitrogen and oxygen atoms in total. The molecule has 2 heterocycles. The third kappa shape index (κ3) is 4.00. The Morgan fingerprint density at radius 1 is 1.03 bits per heavy atom. The zero-order valence-corrected chi connectivity index (χ0v) is 17.9. The van der Waals surface area contributed by atoms with Crippen molar-refractivity contribution >= 4 is 23.4 Å². The zero-order chi connectivity index (χ0) is 22.1. The quantitative estimate of drug-likeness (QED) is 0.777. The highest BCUT2D eigenvalue weighted by molar-refractivity contribution is 5.99. The molecule has 3 amide bonds. The molecule has 162 valence electrons. The largest absolute Gasteiger partial charge is 0.369 e. The second-order valence-corrected chi connectivity index (χ2v) is 8.49. The third-order valence-electron chi connectivity index (χ3n) is 6.17. The minimum absolute atomic E-state index is 0.0225. The molecular formula is C24H28N4O3. The van der Waals surface area contributed by atoms with E-state index >= 15 is 0 Å². The van der Waals surface area contributed by atoms with E-state index in [9.17, 15) is 14.4 Å². The smallest absolute Gasteiger partial charge is 0.256 e. The minimum atomic E-state index is -0.287. The monoisotopic (exact) mass is 420 g/mol. The fourth-order valence-corrected chi connectivity index (χ4v) is 4.43. The lowest BCUT2D eigenvalue weighted by Gasteiger charge is -2.31. The standard InChI is InChI=1S/C24H28N4O3/c1-15(2)28-22(19-5-3-4-6-20(19)24(28)31)26-18-9-7-17(8-10-18)23(30)27-13-11-16(12-14-27)21(25)29/h3-10,15-16,22,26H,11-14H2,1-2H3,(H2,25,29). The second kappa shape index (κ2) is 8.41. The van der Waals surface area contributed by atoms with Crippen molar-refractivity contribution in [3.05, 3.63) is 65.2 Å². The summed E-state index contributed by atoms with van der Waals surface area (Å²) < 4.78 is 0. The van der Waals surface area contributed by atoms with Gasteiger partial charge in [-0.15, -0.1) is 0 Å². The maximum absolute atomic E-state index is 12.8. The highest BCUT2D eigenvalue weighted by atomic mass is 16.2. The second-order valence-electron chi connectivity index (χ2n) is 8.49. The first-order valence-corrected chi connectivity index (χ1v) is 10.7. The number of likely N-dealkylation sites (tertiary alicyclic amines) is 1. The average molecular weight is 421 g/mol. The number of nitrogens with one attached hydrogen (secondary N) is 1. The summed E-state index contributed by atoms with van der Waals surface area (Å²) >= 11 is 0. The predicted octanol–water partition coefficient (Wildman–Crippen LogP) is 3.00. The molecule has 0 saturated carbocycles. The first kappa shape index (κ1) is 20.9. The summed E-state index contributed by atoms with van der Waals surface area (Å²) in [6, 6.07) is 15.0. The molecule has 0 radical (unpaired) electrons. The van der Waals surface area contributed by atoms with E-state index in [4.69, 9.17) is 5.73 Å². The molecule has 0 aromatic heterocycles. The number of benzene rings is 2. The number of piperidine rings is 1. The average Bonchev–Trinajstić information content (AvgIpc) is 3.06. The van der Waals surface area contributed by atoms with Crippen LogP contribution < -0.4 is 11.1 Å². The molecule has 0 bridgehead atoms. The van der Waals surface area contributed by atoms with E-state index in [2.05, 4.69) is 5.32 Å². The van der Waals surface area contributed by atoms with Crippen molar-refractivity contribution in [3.8, 4) is 0 Å². The number of hydrogen-bond donors (Lipinski definition) is 2. The van der Waals surface area contributed by atoms with Crippen LogP contribution in [0.15, 0.2) is 48.5 Å². The van der Waals surface area contributed by atoms with Gasteiger partial charge in [-0.2, -0.15) is 0 Å². The van der Waals surface area contributed by atoms with Gasteiger partial charge in [0.2, 0.25) is 5.91 Å². The summed E-state index contributed by atoms with van der Waals surface area (Å²) in [6.45, 7) is 5.08. The van der Waals surface area contributed by atoms with Crippen LogP contribution >= 0.6 is 0 Å². The molecule has 1 fully saturated rings. The predicted molar refractivity (Wildman–Crippen MR) is 118 cm³/mol. The van der Waals surface area contributed by atoms with Gasteiger partial charge in [0.25, 0.3) is 11.8 Å². The van der Waals surface area contributed by atoms with Crippen molar-refractivity contribution in [1.29, 1.82) is 0 Å². The van der Waals surface area contributed by atoms with Crippen molar-refractivity contribution in [2.45, 2.75) is 38.9 Å². The number of rotatable bonds is 5. The highest BCUT2D eigenvalue weighted by Gasteiger charge is 2.37. The van der Waals surface area contributed by atoms with Gasteiger partial charge < -0.3 is 20.9 Å². The third-order valence-corrected chi connectivity index (χ3v) is 6.17. The van der Waals surface area contributed by atoms with Crippen LogP contribution in [0.4, 0.5) is 5.69 Å². The van der Waals surface area contributed by atoms with Crippen molar-refractivity contribution < 1.29 is 14.4 Å². The summed E-state index contributed by atoms with van der Waals surface area (Å²) in [7, 11) is 0. The number of carbonyl (C=O) groups is 3. The Bertz CT molecular complexity index is 994. The molecule has 2 aliphatic rings. The van der Waals surface area contributed by atoms with E-state index in [1.54, 1.807) is 17.0 Å². The van der Waals surface area contributed by atoms with Crippen molar-refractivity contribution in [2.75, 3.05) is 18.4 Å². The Kier molecular flexibility index (Phi) is 5.67. The SMILES string of the molecule is CC(C)N1C(=O)c2ccccc2C1Nc1ccc(C(=O)N2CCC(C(N)=O)CC2)cc1. The molecule has 4 rings (SSSR count). The fraction of sp³-hybridized carbons (Fsp3) is 0.375. The van der Waals surface area contributed by atoms with Crippen LogP contribution in [-0.4, -0.2) is 46.7 Å². The lowest BCUT2D eigenvalue weighted by Crippen LogP contribution is -2.41. The van der Waals surface area contributed by atoms with Crippen molar-refractivity contribution in [3.63, 3.8) is 0 Å². The van der Waals surface area contributed by atoms with Gasteiger partial charge in [0.15, 0.2) is 0 Å². The Morgan fingerprint density at radius 3 is 2.29 bits per heavy atom. The van der Waals surface area contributed by atoms with Crippen LogP contribution in [-0.2, 0) is 4.79 Å². The molecule has 31 heavy (non-hydrogen) atoms. The Labute approximate surface area is 182 Å². The van der Waals surface area contributed by atoms with E-state index in [0.29, 0.717) is 31.5 Å². The van der Waals surface area contributed by atoms with Crippen molar-refractivity contribution in [1.82, 2.24) is 9.80 Å². The summed E-state index contributed by atoms with van der Waals surface area (Å²) in [5.41, 5.74) is 8.50. The highest BCUT2D eigenvalue weighted by Crippen LogP contribution is 2.35. The number of anilines is 1. The number of fused-ring (bicyclic) bond motifs is 1. The van der Waals surface area contributed by atoms with Gasteiger partial charge in [-0.1, -0.05) is 18.2 Å². The fourth-order valence-electron chi connectivity index (χ4n) is 4.43. The molecular weight excluding hydrogens is 392 g/mol. The molecule has 1 saturated heterocycles. The van der Waals surface area contributed by atoms with E-state index < -0.39 is 0 Å². The topological polar surface area (TPSA) is 95.7 Å². The number of carbonyl (C=O) groups excluding carboxylic acids is 3. The van der Waals surface area contributed by atoms with Crippen LogP contribution in [0, 0.1) is 5.92 Å². The van der Waals surface area contributed by atoms with Crippen LogP contribution in [0.25, 0.3) is 0 Å². The maximum atomic E-state index is 12.8. The van der Waals surface area contributed by atoms with Crippen LogP contribution in [0.3, 0.4) is 0 Å². The maximum Gasteiger partial charge on any atom is 0.256 e. The first-order chi connectivity index (χ1) is 14.9. The summed E-state index contributed by atoms with van der Waals surface area (Å²) in [6.07, 6.45) is 0.972. The number of amides is 3. The molecule has 1 unspecified atom stereocenters. The van der Waals surface area contributed by atoms with E-state index in [1.807, 2.05) is 55.1 Å². The molecule has 2 aromatic carbocycles. The number of hydrogen-bond acceptors (Lipinski definition) is 4. The van der Waals surface area contributed by atoms with Gasteiger partial charge in [-0.25, -0.2) is 0 Å². The van der Waals surface area contributed by atoms with Gasteiger partial charge in [-0.05, 0) is 57.0 Å². The molecule has 3 N–H and O–H groups in total. The lowest BCUT2D eigenvalue weighted by atomic mass is 9.96. The molecule has 7 heteroatoms. The Hall–Kier alpha value is -3.35. The van der Waals surface area contributed by atoms with Gasteiger partial charge in [0.1, 0.15) is 6.17 Å². The summed E-state index contributed by atoms with van der Waals surface area (Å²) in [5.74, 6) is -0.449. The zero-order valence-electron chi connectivity index (χ0n) is 17.9. The number of nitrogens with two attached hydrogens (primary N) is 1.